The summed E-state index contributed by atoms with van der Waals surface area (Å²) in [5.74, 6) is -0.918. The maximum absolute atomic E-state index is 9.98. The number of carbonyl (C=O) groups is 1. The van der Waals surface area contributed by atoms with E-state index in [1.807, 2.05) is 6.92 Å². The third-order valence-electron chi connectivity index (χ3n) is 1.17. The molecule has 0 saturated carbocycles. The highest BCUT2D eigenvalue weighted by Gasteiger charge is 1.90. The summed E-state index contributed by atoms with van der Waals surface area (Å²) < 4.78 is 0. The van der Waals surface area contributed by atoms with Crippen LogP contribution in [0.2, 0.25) is 0 Å². The number of rotatable bonds is 5. The van der Waals surface area contributed by atoms with Crippen LogP contribution >= 0.6 is 0 Å². The number of hydrogen-bond acceptors (Lipinski definition) is 2. The summed E-state index contributed by atoms with van der Waals surface area (Å²) in [7, 11) is 0. The molecule has 0 aromatic rings. The second-order valence-electron chi connectivity index (χ2n) is 2.17. The second-order valence-corrected chi connectivity index (χ2v) is 2.17. The molecule has 0 rings (SSSR count). The average molecular weight is 155 g/mol. The first-order valence-electron chi connectivity index (χ1n) is 3.42. The zero-order chi connectivity index (χ0) is 8.69. The summed E-state index contributed by atoms with van der Waals surface area (Å²) in [5, 5.41) is 11.2. The lowest BCUT2D eigenvalue weighted by atomic mass is 10.3. The van der Waals surface area contributed by atoms with Crippen LogP contribution in [0.1, 0.15) is 6.92 Å². The van der Waals surface area contributed by atoms with E-state index in [0.29, 0.717) is 6.54 Å². The van der Waals surface area contributed by atoms with Gasteiger partial charge in [-0.1, -0.05) is 12.2 Å². The molecule has 1 atom stereocenters. The number of aliphatic carboxylic acids is 1. The molecule has 1 unspecified atom stereocenters. The van der Waals surface area contributed by atoms with Crippen molar-refractivity contribution in [3.8, 4) is 0 Å². The van der Waals surface area contributed by atoms with E-state index in [9.17, 15) is 4.79 Å². The highest BCUT2D eigenvalue weighted by molar-refractivity contribution is 5.79. The van der Waals surface area contributed by atoms with E-state index in [1.54, 1.807) is 12.2 Å². The smallest absolute Gasteiger partial charge is 0.328 e. The lowest BCUT2D eigenvalue weighted by molar-refractivity contribution is -0.131. The average Bonchev–Trinajstić information content (AvgIpc) is 1.97. The zero-order valence-corrected chi connectivity index (χ0v) is 6.58. The van der Waals surface area contributed by atoms with Crippen LogP contribution in [0.25, 0.3) is 0 Å². The van der Waals surface area contributed by atoms with Gasteiger partial charge in [0.2, 0.25) is 0 Å². The molecule has 2 N–H and O–H groups in total. The van der Waals surface area contributed by atoms with E-state index in [2.05, 4.69) is 11.9 Å². The molecule has 0 heterocycles. The first-order chi connectivity index (χ1) is 5.16. The predicted octanol–water partition coefficient (Wildman–Crippen LogP) is 0.791. The first kappa shape index (κ1) is 9.91. The van der Waals surface area contributed by atoms with Crippen LogP contribution in [-0.2, 0) is 4.79 Å². The fourth-order valence-corrected chi connectivity index (χ4v) is 0.497. The maximum atomic E-state index is 9.98. The van der Waals surface area contributed by atoms with Gasteiger partial charge in [-0.25, -0.2) is 4.79 Å². The Bertz CT molecular complexity index is 163. The third kappa shape index (κ3) is 6.80. The Morgan fingerprint density at radius 1 is 1.82 bits per heavy atom. The van der Waals surface area contributed by atoms with Gasteiger partial charge in [0.1, 0.15) is 0 Å². The summed E-state index contributed by atoms with van der Waals surface area (Å²) in [6, 6.07) is 0.216. The van der Waals surface area contributed by atoms with Crippen molar-refractivity contribution in [3.63, 3.8) is 0 Å². The molecular weight excluding hydrogens is 142 g/mol. The molecule has 0 aromatic carbocycles. The summed E-state index contributed by atoms with van der Waals surface area (Å²) in [4.78, 5) is 9.98. The molecule has 0 saturated heterocycles. The fraction of sp³-hybridized carbons (Fsp3) is 0.375. The minimum Gasteiger partial charge on any atom is -0.478 e. The SMILES string of the molecule is C=CC(C)NC/C=C/C(=O)O. The monoisotopic (exact) mass is 155 g/mol. The van der Waals surface area contributed by atoms with E-state index in [0.717, 1.165) is 6.08 Å². The largest absolute Gasteiger partial charge is 0.478 e. The quantitative estimate of drug-likeness (QED) is 0.456. The minimum absolute atomic E-state index is 0.216. The molecule has 3 nitrogen and oxygen atoms in total. The van der Waals surface area contributed by atoms with Crippen molar-refractivity contribution in [1.29, 1.82) is 0 Å². The van der Waals surface area contributed by atoms with Crippen LogP contribution < -0.4 is 5.32 Å². The van der Waals surface area contributed by atoms with Gasteiger partial charge in [0, 0.05) is 18.7 Å². The van der Waals surface area contributed by atoms with Gasteiger partial charge in [-0.15, -0.1) is 6.58 Å². The lowest BCUT2D eigenvalue weighted by Gasteiger charge is -2.04. The van der Waals surface area contributed by atoms with Gasteiger partial charge in [0.25, 0.3) is 0 Å². The van der Waals surface area contributed by atoms with Crippen LogP contribution in [0.3, 0.4) is 0 Å². The number of nitrogens with one attached hydrogen (secondary N) is 1. The van der Waals surface area contributed by atoms with Gasteiger partial charge in [-0.05, 0) is 6.92 Å². The highest BCUT2D eigenvalue weighted by atomic mass is 16.4. The molecule has 0 aliphatic heterocycles. The van der Waals surface area contributed by atoms with Gasteiger partial charge >= 0.3 is 5.97 Å². The molecule has 0 aliphatic carbocycles. The summed E-state index contributed by atoms with van der Waals surface area (Å²) >= 11 is 0. The molecule has 0 radical (unpaired) electrons. The zero-order valence-electron chi connectivity index (χ0n) is 6.58. The molecule has 62 valence electrons. The molecule has 0 fully saturated rings. The van der Waals surface area contributed by atoms with Gasteiger partial charge in [0.05, 0.1) is 0 Å². The van der Waals surface area contributed by atoms with E-state index >= 15 is 0 Å². The first-order valence-corrected chi connectivity index (χ1v) is 3.42. The molecule has 3 heteroatoms. The van der Waals surface area contributed by atoms with E-state index in [-0.39, 0.29) is 6.04 Å². The Morgan fingerprint density at radius 2 is 2.45 bits per heavy atom. The van der Waals surface area contributed by atoms with Crippen LogP contribution in [0.4, 0.5) is 0 Å². The third-order valence-corrected chi connectivity index (χ3v) is 1.17. The highest BCUT2D eigenvalue weighted by Crippen LogP contribution is 1.80. The Labute approximate surface area is 66.4 Å². The van der Waals surface area contributed by atoms with Crippen LogP contribution in [0, 0.1) is 0 Å². The molecule has 11 heavy (non-hydrogen) atoms. The van der Waals surface area contributed by atoms with E-state index in [1.165, 1.54) is 0 Å². The standard InChI is InChI=1S/C8H13NO2/c1-3-7(2)9-6-4-5-8(10)11/h3-5,7,9H,1,6H2,2H3,(H,10,11)/b5-4+. The normalized spacial score (nSPS) is 13.2. The Balaban J connectivity index is 3.41. The Hall–Kier alpha value is -1.09. The van der Waals surface area contributed by atoms with Crippen molar-refractivity contribution in [3.05, 3.63) is 24.8 Å². The summed E-state index contributed by atoms with van der Waals surface area (Å²) in [5.41, 5.74) is 0. The van der Waals surface area contributed by atoms with Crippen LogP contribution in [0.5, 0.6) is 0 Å². The number of carboxylic acid groups (broad SMARTS) is 1. The van der Waals surface area contributed by atoms with Crippen molar-refractivity contribution in [2.45, 2.75) is 13.0 Å². The van der Waals surface area contributed by atoms with Crippen molar-refractivity contribution in [2.24, 2.45) is 0 Å². The van der Waals surface area contributed by atoms with Gasteiger partial charge in [-0.2, -0.15) is 0 Å². The minimum atomic E-state index is -0.918. The fourth-order valence-electron chi connectivity index (χ4n) is 0.497. The maximum Gasteiger partial charge on any atom is 0.328 e. The summed E-state index contributed by atoms with van der Waals surface area (Å²) in [6.45, 7) is 6.07. The van der Waals surface area contributed by atoms with Crippen LogP contribution in [-0.4, -0.2) is 23.7 Å². The molecule has 0 aromatic heterocycles. The second kappa shape index (κ2) is 5.68. The Kier molecular flexibility index (Phi) is 5.11. The topological polar surface area (TPSA) is 49.3 Å². The molecular formula is C8H13NO2. The molecule has 0 aliphatic rings. The van der Waals surface area contributed by atoms with Crippen LogP contribution in [0.15, 0.2) is 24.8 Å². The van der Waals surface area contributed by atoms with Gasteiger partial charge in [0.15, 0.2) is 0 Å². The number of carboxylic acids is 1. The molecule has 0 amide bonds. The molecule has 0 bridgehead atoms. The van der Waals surface area contributed by atoms with E-state index < -0.39 is 5.97 Å². The molecule has 0 spiro atoms. The van der Waals surface area contributed by atoms with Crippen molar-refractivity contribution in [1.82, 2.24) is 5.32 Å². The van der Waals surface area contributed by atoms with Crippen molar-refractivity contribution < 1.29 is 9.90 Å². The van der Waals surface area contributed by atoms with E-state index in [4.69, 9.17) is 5.11 Å². The summed E-state index contributed by atoms with van der Waals surface area (Å²) in [6.07, 6.45) is 4.43. The Morgan fingerprint density at radius 3 is 2.91 bits per heavy atom. The predicted molar refractivity (Wildman–Crippen MR) is 44.4 cm³/mol. The lowest BCUT2D eigenvalue weighted by Crippen LogP contribution is -2.23. The van der Waals surface area contributed by atoms with Crippen molar-refractivity contribution in [2.75, 3.05) is 6.54 Å². The van der Waals surface area contributed by atoms with Gasteiger partial charge < -0.3 is 10.4 Å². The number of hydrogen-bond donors (Lipinski definition) is 2. The van der Waals surface area contributed by atoms with Crippen molar-refractivity contribution >= 4 is 5.97 Å². The van der Waals surface area contributed by atoms with Gasteiger partial charge in [-0.3, -0.25) is 0 Å².